The minimum Gasteiger partial charge on any atom is -0.338 e. The number of benzene rings is 1. The average molecular weight is 304 g/mol. The van der Waals surface area contributed by atoms with Crippen LogP contribution in [0.25, 0.3) is 0 Å². The molecule has 0 aromatic heterocycles. The fraction of sp³-hybridized carbons (Fsp3) is 0.500. The van der Waals surface area contributed by atoms with Crippen LogP contribution in [0.2, 0.25) is 0 Å². The number of nitrogens with zero attached hydrogens (tertiary/aromatic N) is 1. The Hall–Kier alpha value is -1.63. The lowest BCUT2D eigenvalue weighted by Gasteiger charge is -2.35. The highest BCUT2D eigenvalue weighted by Gasteiger charge is 2.35. The topological polar surface area (TPSA) is 46.3 Å². The van der Waals surface area contributed by atoms with Gasteiger partial charge in [0.1, 0.15) is 5.82 Å². The Balaban J connectivity index is 2.24. The molecule has 1 saturated heterocycles. The molecule has 0 spiro atoms. The first kappa shape index (κ1) is 15.8. The van der Waals surface area contributed by atoms with Crippen molar-refractivity contribution in [2.24, 2.45) is 11.7 Å². The van der Waals surface area contributed by atoms with Crippen LogP contribution in [0.1, 0.15) is 29.3 Å². The molecule has 1 heterocycles. The van der Waals surface area contributed by atoms with Crippen LogP contribution in [-0.4, -0.2) is 29.9 Å². The fourth-order valence-corrected chi connectivity index (χ4v) is 2.41. The number of hydrogen-bond acceptors (Lipinski definition) is 2. The molecule has 1 fully saturated rings. The van der Waals surface area contributed by atoms with E-state index >= 15 is 0 Å². The summed E-state index contributed by atoms with van der Waals surface area (Å²) < 4.78 is 51.2. The largest absolute Gasteiger partial charge is 0.419 e. The van der Waals surface area contributed by atoms with Crippen molar-refractivity contribution in [1.29, 1.82) is 0 Å². The number of carbonyl (C=O) groups is 1. The molecule has 2 N–H and O–H groups in total. The third-order valence-corrected chi connectivity index (χ3v) is 3.78. The minimum atomic E-state index is -4.82. The average Bonchev–Trinajstić information content (AvgIpc) is 2.40. The lowest BCUT2D eigenvalue weighted by molar-refractivity contribution is -0.140. The maximum atomic E-state index is 13.2. The number of rotatable bonds is 1. The van der Waals surface area contributed by atoms with Crippen molar-refractivity contribution in [1.82, 2.24) is 4.90 Å². The predicted octanol–water partition coefficient (Wildman–Crippen LogP) is 2.65. The maximum absolute atomic E-state index is 13.2. The number of nitrogens with two attached hydrogens (primary N) is 1. The van der Waals surface area contributed by atoms with E-state index < -0.39 is 23.5 Å². The van der Waals surface area contributed by atoms with Crippen LogP contribution in [-0.2, 0) is 6.18 Å². The van der Waals surface area contributed by atoms with Gasteiger partial charge in [0.05, 0.1) is 5.56 Å². The summed E-state index contributed by atoms with van der Waals surface area (Å²) in [5.74, 6) is -1.84. The van der Waals surface area contributed by atoms with Crippen LogP contribution in [0, 0.1) is 11.7 Å². The van der Waals surface area contributed by atoms with E-state index in [0.717, 1.165) is 6.07 Å². The van der Waals surface area contributed by atoms with Gasteiger partial charge >= 0.3 is 6.18 Å². The highest BCUT2D eigenvalue weighted by Crippen LogP contribution is 2.32. The van der Waals surface area contributed by atoms with Crippen LogP contribution in [0.4, 0.5) is 17.6 Å². The molecule has 0 aliphatic carbocycles. The predicted molar refractivity (Wildman–Crippen MR) is 69.1 cm³/mol. The van der Waals surface area contributed by atoms with E-state index in [1.807, 2.05) is 6.92 Å². The summed E-state index contributed by atoms with van der Waals surface area (Å²) in [6, 6.07) is 2.30. The van der Waals surface area contributed by atoms with Gasteiger partial charge in [-0.05, 0) is 30.5 Å². The number of halogens is 4. The van der Waals surface area contributed by atoms with E-state index in [1.165, 1.54) is 4.90 Å². The molecule has 0 radical (unpaired) electrons. The second-order valence-electron chi connectivity index (χ2n) is 5.37. The van der Waals surface area contributed by atoms with E-state index in [4.69, 9.17) is 5.73 Å². The SMILES string of the molecule is CC1CN(C(=O)c2ccc(F)c(C(F)(F)F)c2)CCC1N. The molecule has 0 saturated carbocycles. The number of carbonyl (C=O) groups excluding carboxylic acids is 1. The molecule has 2 unspecified atom stereocenters. The minimum absolute atomic E-state index is 0.0204. The van der Waals surface area contributed by atoms with Gasteiger partial charge in [-0.1, -0.05) is 6.92 Å². The molecular weight excluding hydrogens is 288 g/mol. The Labute approximate surface area is 119 Å². The van der Waals surface area contributed by atoms with Crippen molar-refractivity contribution < 1.29 is 22.4 Å². The smallest absolute Gasteiger partial charge is 0.338 e. The standard InChI is InChI=1S/C14H16F4N2O/c1-8-7-20(5-4-12(8)19)13(21)9-2-3-11(15)10(6-9)14(16,17)18/h2-3,6,8,12H,4-5,7,19H2,1H3. The normalized spacial score (nSPS) is 23.2. The van der Waals surface area contributed by atoms with Gasteiger partial charge < -0.3 is 10.6 Å². The summed E-state index contributed by atoms with van der Waals surface area (Å²) >= 11 is 0. The van der Waals surface area contributed by atoms with E-state index in [-0.39, 0.29) is 17.5 Å². The van der Waals surface area contributed by atoms with Gasteiger partial charge in [0, 0.05) is 24.7 Å². The summed E-state index contributed by atoms with van der Waals surface area (Å²) in [5, 5.41) is 0. The lowest BCUT2D eigenvalue weighted by atomic mass is 9.94. The van der Waals surface area contributed by atoms with Crippen molar-refractivity contribution in [3.05, 3.63) is 35.1 Å². The Morgan fingerprint density at radius 2 is 2.05 bits per heavy atom. The number of likely N-dealkylation sites (tertiary alicyclic amines) is 1. The molecule has 2 atom stereocenters. The summed E-state index contributed by atoms with van der Waals surface area (Å²) in [6.45, 7) is 2.66. The molecule has 2 rings (SSSR count). The number of piperidine rings is 1. The lowest BCUT2D eigenvalue weighted by Crippen LogP contribution is -2.48. The molecule has 1 aliphatic rings. The maximum Gasteiger partial charge on any atom is 0.419 e. The first-order chi connectivity index (χ1) is 9.70. The van der Waals surface area contributed by atoms with Gasteiger partial charge in [-0.25, -0.2) is 4.39 Å². The highest BCUT2D eigenvalue weighted by molar-refractivity contribution is 5.94. The Morgan fingerprint density at radius 1 is 1.38 bits per heavy atom. The van der Waals surface area contributed by atoms with E-state index in [0.29, 0.717) is 31.6 Å². The summed E-state index contributed by atoms with van der Waals surface area (Å²) in [7, 11) is 0. The fourth-order valence-electron chi connectivity index (χ4n) is 2.41. The first-order valence-electron chi connectivity index (χ1n) is 6.61. The van der Waals surface area contributed by atoms with Crippen LogP contribution >= 0.6 is 0 Å². The molecule has 1 aromatic carbocycles. The molecule has 21 heavy (non-hydrogen) atoms. The molecule has 1 amide bonds. The van der Waals surface area contributed by atoms with Gasteiger partial charge in [0.25, 0.3) is 5.91 Å². The molecule has 3 nitrogen and oxygen atoms in total. The van der Waals surface area contributed by atoms with Gasteiger partial charge in [-0.15, -0.1) is 0 Å². The zero-order valence-electron chi connectivity index (χ0n) is 11.5. The van der Waals surface area contributed by atoms with E-state index in [1.54, 1.807) is 0 Å². The van der Waals surface area contributed by atoms with Crippen molar-refractivity contribution >= 4 is 5.91 Å². The summed E-state index contributed by atoms with van der Waals surface area (Å²) in [4.78, 5) is 13.7. The molecule has 1 aromatic rings. The zero-order valence-corrected chi connectivity index (χ0v) is 11.5. The van der Waals surface area contributed by atoms with Gasteiger partial charge in [0.2, 0.25) is 0 Å². The van der Waals surface area contributed by atoms with Crippen LogP contribution in [0.15, 0.2) is 18.2 Å². The van der Waals surface area contributed by atoms with Crippen molar-refractivity contribution in [3.8, 4) is 0 Å². The van der Waals surface area contributed by atoms with Crippen molar-refractivity contribution in [3.63, 3.8) is 0 Å². The Bertz CT molecular complexity index is 544. The second-order valence-corrected chi connectivity index (χ2v) is 5.37. The molecule has 116 valence electrons. The molecular formula is C14H16F4N2O. The molecule has 7 heteroatoms. The first-order valence-corrected chi connectivity index (χ1v) is 6.61. The third kappa shape index (κ3) is 3.34. The Morgan fingerprint density at radius 3 is 2.62 bits per heavy atom. The quantitative estimate of drug-likeness (QED) is 0.811. The number of alkyl halides is 3. The van der Waals surface area contributed by atoms with E-state index in [9.17, 15) is 22.4 Å². The van der Waals surface area contributed by atoms with Crippen molar-refractivity contribution in [2.45, 2.75) is 25.6 Å². The van der Waals surface area contributed by atoms with Gasteiger partial charge in [-0.3, -0.25) is 4.79 Å². The monoisotopic (exact) mass is 304 g/mol. The van der Waals surface area contributed by atoms with Crippen LogP contribution < -0.4 is 5.73 Å². The Kier molecular flexibility index (Phi) is 4.22. The number of hydrogen-bond donors (Lipinski definition) is 1. The zero-order chi connectivity index (χ0) is 15.8. The van der Waals surface area contributed by atoms with Gasteiger partial charge in [-0.2, -0.15) is 13.2 Å². The third-order valence-electron chi connectivity index (χ3n) is 3.78. The van der Waals surface area contributed by atoms with Crippen LogP contribution in [0.3, 0.4) is 0 Å². The van der Waals surface area contributed by atoms with E-state index in [2.05, 4.69) is 0 Å². The van der Waals surface area contributed by atoms with Gasteiger partial charge in [0.15, 0.2) is 0 Å². The summed E-state index contributed by atoms with van der Waals surface area (Å²) in [5.41, 5.74) is 4.26. The van der Waals surface area contributed by atoms with Crippen LogP contribution in [0.5, 0.6) is 0 Å². The molecule has 1 aliphatic heterocycles. The summed E-state index contributed by atoms with van der Waals surface area (Å²) in [6.07, 6.45) is -4.22. The molecule has 0 bridgehead atoms. The highest BCUT2D eigenvalue weighted by atomic mass is 19.4. The second kappa shape index (κ2) is 5.63. The van der Waals surface area contributed by atoms with Crippen molar-refractivity contribution in [2.75, 3.05) is 13.1 Å². The number of amides is 1.